The summed E-state index contributed by atoms with van der Waals surface area (Å²) in [6.07, 6.45) is 0. The van der Waals surface area contributed by atoms with Crippen LogP contribution < -0.4 is 9.47 Å². The van der Waals surface area contributed by atoms with Crippen molar-refractivity contribution < 1.29 is 19.4 Å². The number of Topliss-reactive ketones (excluding diaryl/α,β-unsaturated/α-hetero) is 1. The summed E-state index contributed by atoms with van der Waals surface area (Å²) in [5.41, 5.74) is 1.01. The Morgan fingerprint density at radius 1 is 1.30 bits per heavy atom. The number of methoxy groups -OCH3 is 1. The number of ketones is 1. The number of carbonyl (C=O) groups excluding carboxylic acids is 1. The number of carbonyl (C=O) groups is 1. The van der Waals surface area contributed by atoms with Gasteiger partial charge in [0.2, 0.25) is 5.88 Å². The van der Waals surface area contributed by atoms with Gasteiger partial charge in [-0.15, -0.1) is 0 Å². The van der Waals surface area contributed by atoms with E-state index in [4.69, 9.17) is 9.47 Å². The Balaban J connectivity index is 2.32. The van der Waals surface area contributed by atoms with Gasteiger partial charge in [0.25, 0.3) is 0 Å². The number of ether oxygens (including phenoxy) is 2. The van der Waals surface area contributed by atoms with Gasteiger partial charge in [0.1, 0.15) is 6.61 Å². The second kappa shape index (κ2) is 6.06. The summed E-state index contributed by atoms with van der Waals surface area (Å²) in [4.78, 5) is 15.4. The Labute approximate surface area is 116 Å². The highest BCUT2D eigenvalue weighted by Gasteiger charge is 2.18. The van der Waals surface area contributed by atoms with Gasteiger partial charge in [-0.3, -0.25) is 4.79 Å². The molecule has 1 aromatic heterocycles. The van der Waals surface area contributed by atoms with Crippen LogP contribution in [-0.2, 0) is 6.61 Å². The average Bonchev–Trinajstić information content (AvgIpc) is 2.46. The molecule has 0 amide bonds. The van der Waals surface area contributed by atoms with Crippen LogP contribution in [0.3, 0.4) is 0 Å². The SMILES string of the molecule is COc1cc(O)nc(C(C)=O)c1OCc1ccccc1. The summed E-state index contributed by atoms with van der Waals surface area (Å²) in [7, 11) is 1.44. The van der Waals surface area contributed by atoms with Crippen molar-refractivity contribution in [1.29, 1.82) is 0 Å². The van der Waals surface area contributed by atoms with E-state index in [0.717, 1.165) is 5.56 Å². The fourth-order valence-corrected chi connectivity index (χ4v) is 1.76. The second-order valence-corrected chi connectivity index (χ2v) is 4.19. The summed E-state index contributed by atoms with van der Waals surface area (Å²) < 4.78 is 10.8. The van der Waals surface area contributed by atoms with Crippen LogP contribution in [0.25, 0.3) is 0 Å². The predicted molar refractivity (Wildman–Crippen MR) is 73.2 cm³/mol. The summed E-state index contributed by atoms with van der Waals surface area (Å²) in [6, 6.07) is 10.8. The van der Waals surface area contributed by atoms with Crippen LogP contribution >= 0.6 is 0 Å². The van der Waals surface area contributed by atoms with E-state index in [2.05, 4.69) is 4.98 Å². The van der Waals surface area contributed by atoms with Crippen LogP contribution in [0.15, 0.2) is 36.4 Å². The highest BCUT2D eigenvalue weighted by atomic mass is 16.5. The van der Waals surface area contributed by atoms with E-state index < -0.39 is 0 Å². The third-order valence-corrected chi connectivity index (χ3v) is 2.70. The molecule has 1 heterocycles. The molecule has 0 fully saturated rings. The van der Waals surface area contributed by atoms with Crippen LogP contribution in [0, 0.1) is 0 Å². The zero-order chi connectivity index (χ0) is 14.5. The van der Waals surface area contributed by atoms with Crippen LogP contribution in [0.1, 0.15) is 23.0 Å². The number of rotatable bonds is 5. The lowest BCUT2D eigenvalue weighted by atomic mass is 10.2. The van der Waals surface area contributed by atoms with Crippen molar-refractivity contribution in [3.8, 4) is 17.4 Å². The molecule has 2 rings (SSSR count). The first-order valence-corrected chi connectivity index (χ1v) is 6.07. The molecule has 5 nitrogen and oxygen atoms in total. The number of aromatic nitrogens is 1. The molecular weight excluding hydrogens is 258 g/mol. The average molecular weight is 273 g/mol. The van der Waals surface area contributed by atoms with E-state index in [1.54, 1.807) is 0 Å². The summed E-state index contributed by atoms with van der Waals surface area (Å²) in [5, 5.41) is 9.48. The monoisotopic (exact) mass is 273 g/mol. The Morgan fingerprint density at radius 2 is 2.00 bits per heavy atom. The Bertz CT molecular complexity index is 611. The van der Waals surface area contributed by atoms with Gasteiger partial charge in [-0.05, 0) is 5.56 Å². The largest absolute Gasteiger partial charge is 0.493 e. The number of nitrogens with zero attached hydrogens (tertiary/aromatic N) is 1. The highest BCUT2D eigenvalue weighted by molar-refractivity contribution is 5.95. The molecule has 0 aliphatic heterocycles. The van der Waals surface area contributed by atoms with Crippen molar-refractivity contribution in [1.82, 2.24) is 4.98 Å². The van der Waals surface area contributed by atoms with Crippen molar-refractivity contribution in [2.45, 2.75) is 13.5 Å². The standard InChI is InChI=1S/C15H15NO4/c1-10(17)14-15(12(19-2)8-13(18)16-14)20-9-11-6-4-3-5-7-11/h3-8H,9H2,1-2H3,(H,16,18). The zero-order valence-corrected chi connectivity index (χ0v) is 11.3. The van der Waals surface area contributed by atoms with E-state index in [0.29, 0.717) is 0 Å². The molecule has 1 N–H and O–H groups in total. The van der Waals surface area contributed by atoms with Crippen molar-refractivity contribution in [3.05, 3.63) is 47.7 Å². The molecule has 0 spiro atoms. The number of aromatic hydroxyl groups is 1. The highest BCUT2D eigenvalue weighted by Crippen LogP contribution is 2.33. The fourth-order valence-electron chi connectivity index (χ4n) is 1.76. The van der Waals surface area contributed by atoms with Crippen LogP contribution in [0.4, 0.5) is 0 Å². The Kier molecular flexibility index (Phi) is 4.20. The van der Waals surface area contributed by atoms with Crippen LogP contribution in [-0.4, -0.2) is 23.0 Å². The van der Waals surface area contributed by atoms with Crippen LogP contribution in [0.5, 0.6) is 17.4 Å². The lowest BCUT2D eigenvalue weighted by Gasteiger charge is -2.13. The zero-order valence-electron chi connectivity index (χ0n) is 11.3. The van der Waals surface area contributed by atoms with Gasteiger partial charge in [0.05, 0.1) is 7.11 Å². The van der Waals surface area contributed by atoms with Gasteiger partial charge in [-0.2, -0.15) is 0 Å². The maximum absolute atomic E-state index is 11.6. The lowest BCUT2D eigenvalue weighted by molar-refractivity contribution is 0.100. The van der Waals surface area contributed by atoms with Gasteiger partial charge >= 0.3 is 0 Å². The first-order valence-electron chi connectivity index (χ1n) is 6.07. The van der Waals surface area contributed by atoms with E-state index in [-0.39, 0.29) is 35.5 Å². The van der Waals surface area contributed by atoms with Gasteiger partial charge < -0.3 is 14.6 Å². The van der Waals surface area contributed by atoms with Crippen molar-refractivity contribution >= 4 is 5.78 Å². The molecule has 0 bridgehead atoms. The van der Waals surface area contributed by atoms with E-state index in [1.165, 1.54) is 20.1 Å². The number of benzene rings is 1. The van der Waals surface area contributed by atoms with Gasteiger partial charge in [0.15, 0.2) is 23.0 Å². The molecule has 20 heavy (non-hydrogen) atoms. The molecule has 0 atom stereocenters. The van der Waals surface area contributed by atoms with E-state index >= 15 is 0 Å². The first-order chi connectivity index (χ1) is 9.61. The molecular formula is C15H15NO4. The fraction of sp³-hybridized carbons (Fsp3) is 0.200. The molecule has 0 unspecified atom stereocenters. The molecule has 104 valence electrons. The molecule has 0 saturated carbocycles. The van der Waals surface area contributed by atoms with Crippen molar-refractivity contribution in [3.63, 3.8) is 0 Å². The van der Waals surface area contributed by atoms with Crippen LogP contribution in [0.2, 0.25) is 0 Å². The van der Waals surface area contributed by atoms with E-state index in [1.807, 2.05) is 30.3 Å². The summed E-state index contributed by atoms with van der Waals surface area (Å²) in [5.74, 6) is -0.0679. The van der Waals surface area contributed by atoms with Gasteiger partial charge in [0, 0.05) is 13.0 Å². The second-order valence-electron chi connectivity index (χ2n) is 4.19. The third kappa shape index (κ3) is 3.06. The van der Waals surface area contributed by atoms with Crippen molar-refractivity contribution in [2.24, 2.45) is 0 Å². The first kappa shape index (κ1) is 13.9. The van der Waals surface area contributed by atoms with Gasteiger partial charge in [-0.1, -0.05) is 30.3 Å². The number of hydrogen-bond donors (Lipinski definition) is 1. The topological polar surface area (TPSA) is 68.7 Å². The summed E-state index contributed by atoms with van der Waals surface area (Å²) in [6.45, 7) is 1.64. The molecule has 2 aromatic rings. The number of hydrogen-bond acceptors (Lipinski definition) is 5. The molecule has 0 aliphatic carbocycles. The minimum Gasteiger partial charge on any atom is -0.493 e. The third-order valence-electron chi connectivity index (χ3n) is 2.70. The number of pyridine rings is 1. The Hall–Kier alpha value is -2.56. The Morgan fingerprint density at radius 3 is 2.60 bits per heavy atom. The maximum atomic E-state index is 11.6. The maximum Gasteiger partial charge on any atom is 0.215 e. The van der Waals surface area contributed by atoms with E-state index in [9.17, 15) is 9.90 Å². The quantitative estimate of drug-likeness (QED) is 0.848. The molecule has 0 aliphatic rings. The molecule has 5 heteroatoms. The van der Waals surface area contributed by atoms with Crippen molar-refractivity contribution in [2.75, 3.05) is 7.11 Å². The molecule has 0 saturated heterocycles. The lowest BCUT2D eigenvalue weighted by Crippen LogP contribution is -2.06. The smallest absolute Gasteiger partial charge is 0.215 e. The normalized spacial score (nSPS) is 10.1. The summed E-state index contributed by atoms with van der Waals surface area (Å²) >= 11 is 0. The minimum atomic E-state index is -0.303. The molecule has 1 aromatic carbocycles. The predicted octanol–water partition coefficient (Wildman–Crippen LogP) is 2.58. The molecule has 0 radical (unpaired) electrons. The van der Waals surface area contributed by atoms with Gasteiger partial charge in [-0.25, -0.2) is 4.98 Å². The minimum absolute atomic E-state index is 0.0535.